The third-order valence-corrected chi connectivity index (χ3v) is 6.64. The van der Waals surface area contributed by atoms with Gasteiger partial charge in [0.05, 0.1) is 13.2 Å². The van der Waals surface area contributed by atoms with Gasteiger partial charge in [-0.2, -0.15) is 0 Å². The largest absolute Gasteiger partial charge is 0.407 e. The van der Waals surface area contributed by atoms with Crippen LogP contribution < -0.4 is 10.4 Å². The summed E-state index contributed by atoms with van der Waals surface area (Å²) < 4.78 is 12.8. The van der Waals surface area contributed by atoms with Crippen LogP contribution in [0.3, 0.4) is 0 Å². The Morgan fingerprint density at radius 1 is 0.739 bits per heavy atom. The Hall–Kier alpha value is -1.94. The van der Waals surface area contributed by atoms with E-state index in [-0.39, 0.29) is 0 Å². The molecule has 0 saturated carbocycles. The highest BCUT2D eigenvalue weighted by molar-refractivity contribution is 6.92. The number of rotatable bonds is 8. The molecular weight excluding hydrogens is 300 g/mol. The van der Waals surface area contributed by atoms with E-state index in [1.54, 1.807) is 0 Å². The fourth-order valence-corrected chi connectivity index (χ4v) is 5.55. The molecular formula is C20H24O2Si. The van der Waals surface area contributed by atoms with Gasteiger partial charge in [-0.15, -0.1) is 0 Å². The predicted octanol–water partition coefficient (Wildman–Crippen LogP) is 3.43. The van der Waals surface area contributed by atoms with Crippen molar-refractivity contribution in [2.45, 2.75) is 13.8 Å². The molecule has 3 heteroatoms. The molecule has 0 fully saturated rings. The van der Waals surface area contributed by atoms with Crippen LogP contribution in [0.15, 0.2) is 85.0 Å². The van der Waals surface area contributed by atoms with Crippen LogP contribution in [0.2, 0.25) is 0 Å². The molecule has 0 spiro atoms. The number of benzene rings is 2. The summed E-state index contributed by atoms with van der Waals surface area (Å²) in [5, 5.41) is 2.18. The maximum absolute atomic E-state index is 6.39. The van der Waals surface area contributed by atoms with Gasteiger partial charge in [-0.1, -0.05) is 85.0 Å². The number of hydrogen-bond acceptors (Lipinski definition) is 2. The molecule has 0 atom stereocenters. The van der Waals surface area contributed by atoms with E-state index in [9.17, 15) is 0 Å². The molecule has 0 aromatic heterocycles. The van der Waals surface area contributed by atoms with Crippen LogP contribution in [-0.2, 0) is 8.85 Å². The Balaban J connectivity index is 2.52. The molecule has 0 heterocycles. The predicted molar refractivity (Wildman–Crippen MR) is 99.4 cm³/mol. The van der Waals surface area contributed by atoms with Crippen LogP contribution in [0.25, 0.3) is 0 Å². The van der Waals surface area contributed by atoms with Gasteiger partial charge in [0.1, 0.15) is 0 Å². The Kier molecular flexibility index (Phi) is 6.10. The molecule has 0 amide bonds. The monoisotopic (exact) mass is 324 g/mol. The normalized spacial score (nSPS) is 11.2. The Bertz CT molecular complexity index is 590. The molecule has 120 valence electrons. The lowest BCUT2D eigenvalue weighted by molar-refractivity contribution is 0.219. The second kappa shape index (κ2) is 8.06. The summed E-state index contributed by atoms with van der Waals surface area (Å²) in [5.41, 5.74) is 1.96. The lowest BCUT2D eigenvalue weighted by Gasteiger charge is -2.31. The maximum Gasteiger partial charge on any atom is 0.407 e. The van der Waals surface area contributed by atoms with Gasteiger partial charge in [0.15, 0.2) is 0 Å². The van der Waals surface area contributed by atoms with Crippen LogP contribution in [0, 0.1) is 0 Å². The first-order chi connectivity index (χ1) is 11.0. The first-order valence-corrected chi connectivity index (χ1v) is 9.54. The zero-order valence-electron chi connectivity index (χ0n) is 13.9. The van der Waals surface area contributed by atoms with Gasteiger partial charge in [-0.25, -0.2) is 0 Å². The van der Waals surface area contributed by atoms with E-state index >= 15 is 0 Å². The van der Waals surface area contributed by atoms with Crippen molar-refractivity contribution < 1.29 is 8.85 Å². The molecule has 2 rings (SSSR count). The van der Waals surface area contributed by atoms with Crippen LogP contribution in [-0.4, -0.2) is 21.8 Å². The fourth-order valence-electron chi connectivity index (χ4n) is 2.31. The van der Waals surface area contributed by atoms with Crippen molar-refractivity contribution in [1.82, 2.24) is 0 Å². The summed E-state index contributed by atoms with van der Waals surface area (Å²) in [6.07, 6.45) is 0. The lowest BCUT2D eigenvalue weighted by Crippen LogP contribution is -2.63. The molecule has 0 bridgehead atoms. The third-order valence-electron chi connectivity index (χ3n) is 3.35. The molecule has 2 aromatic carbocycles. The van der Waals surface area contributed by atoms with Crippen molar-refractivity contribution in [3.8, 4) is 0 Å². The van der Waals surface area contributed by atoms with E-state index in [1.807, 2.05) is 50.2 Å². The molecule has 0 unspecified atom stereocenters. The maximum atomic E-state index is 6.39. The molecule has 0 N–H and O–H groups in total. The number of hydrogen-bond donors (Lipinski definition) is 0. The molecule has 0 aliphatic rings. The minimum Gasteiger partial charge on any atom is -0.384 e. The first kappa shape index (κ1) is 17.4. The molecule has 2 aromatic rings. The van der Waals surface area contributed by atoms with Crippen molar-refractivity contribution in [3.63, 3.8) is 0 Å². The van der Waals surface area contributed by atoms with E-state index in [2.05, 4.69) is 37.4 Å². The van der Waals surface area contributed by atoms with E-state index in [4.69, 9.17) is 8.85 Å². The van der Waals surface area contributed by atoms with Crippen LogP contribution in [0.4, 0.5) is 0 Å². The molecule has 0 saturated heterocycles. The fraction of sp³-hybridized carbons (Fsp3) is 0.200. The topological polar surface area (TPSA) is 18.5 Å². The smallest absolute Gasteiger partial charge is 0.384 e. The minimum atomic E-state index is -2.79. The first-order valence-electron chi connectivity index (χ1n) is 7.72. The molecule has 2 nitrogen and oxygen atoms in total. The lowest BCUT2D eigenvalue weighted by atomic mass is 10.4. The second-order valence-corrected chi connectivity index (χ2v) is 8.81. The van der Waals surface area contributed by atoms with Crippen LogP contribution >= 0.6 is 0 Å². The summed E-state index contributed by atoms with van der Waals surface area (Å²) in [5.74, 6) is 0. The standard InChI is InChI=1S/C20H24O2Si/c1-17(2)15-21-23(22-16-18(3)4,19-11-7-5-8-12-19)20-13-9-6-10-14-20/h5-14H,1,3,15-16H2,2,4H3. The van der Waals surface area contributed by atoms with Gasteiger partial charge in [0, 0.05) is 0 Å². The van der Waals surface area contributed by atoms with Gasteiger partial charge in [-0.05, 0) is 24.2 Å². The van der Waals surface area contributed by atoms with Crippen molar-refractivity contribution >= 4 is 18.9 Å². The van der Waals surface area contributed by atoms with Gasteiger partial charge < -0.3 is 8.85 Å². The van der Waals surface area contributed by atoms with Crippen molar-refractivity contribution in [1.29, 1.82) is 0 Å². The quantitative estimate of drug-likeness (QED) is 0.547. The van der Waals surface area contributed by atoms with Gasteiger partial charge in [-0.3, -0.25) is 0 Å². The zero-order valence-corrected chi connectivity index (χ0v) is 14.9. The minimum absolute atomic E-state index is 0.478. The van der Waals surface area contributed by atoms with E-state index in [0.717, 1.165) is 21.5 Å². The van der Waals surface area contributed by atoms with Crippen LogP contribution in [0.1, 0.15) is 13.8 Å². The second-order valence-electron chi connectivity index (χ2n) is 5.84. The van der Waals surface area contributed by atoms with E-state index in [0.29, 0.717) is 13.2 Å². The zero-order chi connectivity index (χ0) is 16.7. The van der Waals surface area contributed by atoms with Crippen LogP contribution in [0.5, 0.6) is 0 Å². The summed E-state index contributed by atoms with van der Waals surface area (Å²) in [7, 11) is -2.79. The van der Waals surface area contributed by atoms with E-state index < -0.39 is 8.56 Å². The van der Waals surface area contributed by atoms with Crippen molar-refractivity contribution in [3.05, 3.63) is 85.0 Å². The summed E-state index contributed by atoms with van der Waals surface area (Å²) in [6, 6.07) is 20.4. The SMILES string of the molecule is C=C(C)CO[Si](OCC(=C)C)(c1ccccc1)c1ccccc1. The highest BCUT2D eigenvalue weighted by Crippen LogP contribution is 2.13. The Morgan fingerprint density at radius 3 is 1.39 bits per heavy atom. The van der Waals surface area contributed by atoms with Gasteiger partial charge >= 0.3 is 8.56 Å². The molecule has 23 heavy (non-hydrogen) atoms. The van der Waals surface area contributed by atoms with Crippen molar-refractivity contribution in [2.24, 2.45) is 0 Å². The highest BCUT2D eigenvalue weighted by atomic mass is 28.4. The average molecular weight is 324 g/mol. The molecule has 0 radical (unpaired) electrons. The summed E-state index contributed by atoms with van der Waals surface area (Å²) in [6.45, 7) is 12.8. The van der Waals surface area contributed by atoms with Crippen molar-refractivity contribution in [2.75, 3.05) is 13.2 Å². The summed E-state index contributed by atoms with van der Waals surface area (Å²) >= 11 is 0. The molecule has 0 aliphatic heterocycles. The molecule has 0 aliphatic carbocycles. The third kappa shape index (κ3) is 4.52. The average Bonchev–Trinajstić information content (AvgIpc) is 2.56. The highest BCUT2D eigenvalue weighted by Gasteiger charge is 2.42. The Morgan fingerprint density at radius 2 is 1.09 bits per heavy atom. The Labute approximate surface area is 140 Å². The van der Waals surface area contributed by atoms with Gasteiger partial charge in [0.25, 0.3) is 0 Å². The van der Waals surface area contributed by atoms with Gasteiger partial charge in [0.2, 0.25) is 0 Å². The summed E-state index contributed by atoms with van der Waals surface area (Å²) in [4.78, 5) is 0. The van der Waals surface area contributed by atoms with E-state index in [1.165, 1.54) is 0 Å².